The Kier molecular flexibility index (Phi) is 5.85. The van der Waals surface area contributed by atoms with Crippen LogP contribution >= 0.6 is 27.7 Å². The Labute approximate surface area is 140 Å². The van der Waals surface area contributed by atoms with Gasteiger partial charge in [0.05, 0.1) is 18.7 Å². The zero-order chi connectivity index (χ0) is 16.1. The first kappa shape index (κ1) is 16.8. The Morgan fingerprint density at radius 2 is 1.95 bits per heavy atom. The summed E-state index contributed by atoms with van der Waals surface area (Å²) in [7, 11) is 2.80. The number of hydrogen-bond acceptors (Lipinski definition) is 4. The number of benzene rings is 2. The maximum Gasteiger partial charge on any atom is 0.342 e. The highest BCUT2D eigenvalue weighted by molar-refractivity contribution is 9.10. The number of halogens is 2. The lowest BCUT2D eigenvalue weighted by atomic mass is 10.1. The summed E-state index contributed by atoms with van der Waals surface area (Å²) < 4.78 is 24.5. The number of hydrogen-bond donors (Lipinski definition) is 0. The number of methoxy groups -OCH3 is 2. The minimum Gasteiger partial charge on any atom is -0.495 e. The maximum atomic E-state index is 13.7. The molecule has 0 unspecified atom stereocenters. The molecule has 0 fully saturated rings. The molecule has 116 valence electrons. The van der Waals surface area contributed by atoms with Crippen LogP contribution < -0.4 is 4.74 Å². The monoisotopic (exact) mass is 384 g/mol. The molecule has 22 heavy (non-hydrogen) atoms. The van der Waals surface area contributed by atoms with Gasteiger partial charge in [-0.15, -0.1) is 11.8 Å². The Hall–Kier alpha value is -1.53. The number of esters is 1. The average Bonchev–Trinajstić information content (AvgIpc) is 2.53. The van der Waals surface area contributed by atoms with Gasteiger partial charge in [0.2, 0.25) is 0 Å². The molecule has 2 aromatic carbocycles. The largest absolute Gasteiger partial charge is 0.495 e. The molecule has 0 aromatic heterocycles. The fourth-order valence-corrected chi connectivity index (χ4v) is 3.39. The summed E-state index contributed by atoms with van der Waals surface area (Å²) in [5.74, 6) is 0.0756. The lowest BCUT2D eigenvalue weighted by molar-refractivity contribution is 0.0596. The number of carbonyl (C=O) groups excluding carboxylic acids is 1. The molecule has 0 aliphatic carbocycles. The molecular weight excluding hydrogens is 371 g/mol. The van der Waals surface area contributed by atoms with Gasteiger partial charge in [-0.25, -0.2) is 9.18 Å². The minimum atomic E-state index is -0.484. The zero-order valence-electron chi connectivity index (χ0n) is 12.1. The molecule has 0 radical (unpaired) electrons. The second-order valence-corrected chi connectivity index (χ2v) is 6.20. The molecule has 0 bridgehead atoms. The third-order valence-electron chi connectivity index (χ3n) is 3.01. The van der Waals surface area contributed by atoms with Crippen molar-refractivity contribution in [3.63, 3.8) is 0 Å². The van der Waals surface area contributed by atoms with Crippen LogP contribution in [0.1, 0.15) is 15.9 Å². The lowest BCUT2D eigenvalue weighted by Gasteiger charge is -2.14. The molecule has 6 heteroatoms. The van der Waals surface area contributed by atoms with E-state index in [0.717, 1.165) is 5.56 Å². The van der Waals surface area contributed by atoms with Crippen molar-refractivity contribution < 1.29 is 18.7 Å². The summed E-state index contributed by atoms with van der Waals surface area (Å²) in [6.07, 6.45) is 0. The summed E-state index contributed by atoms with van der Waals surface area (Å²) in [5, 5.41) is 0. The van der Waals surface area contributed by atoms with Crippen molar-refractivity contribution in [2.45, 2.75) is 10.6 Å². The molecule has 0 aliphatic rings. The van der Waals surface area contributed by atoms with E-state index in [-0.39, 0.29) is 5.82 Å². The van der Waals surface area contributed by atoms with E-state index in [9.17, 15) is 9.18 Å². The normalized spacial score (nSPS) is 10.4. The molecule has 0 heterocycles. The molecule has 0 saturated carbocycles. The van der Waals surface area contributed by atoms with Crippen LogP contribution in [0.5, 0.6) is 5.75 Å². The summed E-state index contributed by atoms with van der Waals surface area (Å²) in [6.45, 7) is 0. The number of rotatable bonds is 5. The van der Waals surface area contributed by atoms with Gasteiger partial charge in [0.15, 0.2) is 0 Å². The summed E-state index contributed by atoms with van der Waals surface area (Å²) in [5.41, 5.74) is 1.07. The third-order valence-corrected chi connectivity index (χ3v) is 4.73. The quantitative estimate of drug-likeness (QED) is 0.553. The summed E-state index contributed by atoms with van der Waals surface area (Å²) >= 11 is 4.66. The van der Waals surface area contributed by atoms with E-state index in [0.29, 0.717) is 26.4 Å². The molecule has 0 spiro atoms. The van der Waals surface area contributed by atoms with Crippen LogP contribution in [0, 0.1) is 5.82 Å². The first-order chi connectivity index (χ1) is 10.6. The van der Waals surface area contributed by atoms with E-state index in [2.05, 4.69) is 15.9 Å². The highest BCUT2D eigenvalue weighted by atomic mass is 79.9. The van der Waals surface area contributed by atoms with Gasteiger partial charge in [-0.3, -0.25) is 0 Å². The second kappa shape index (κ2) is 7.65. The van der Waals surface area contributed by atoms with Crippen molar-refractivity contribution in [3.05, 3.63) is 57.8 Å². The zero-order valence-corrected chi connectivity index (χ0v) is 14.5. The van der Waals surface area contributed by atoms with Crippen molar-refractivity contribution in [2.24, 2.45) is 0 Å². The van der Waals surface area contributed by atoms with Crippen molar-refractivity contribution in [1.29, 1.82) is 0 Å². The van der Waals surface area contributed by atoms with Crippen LogP contribution in [0.15, 0.2) is 45.8 Å². The van der Waals surface area contributed by atoms with Crippen LogP contribution in [0.25, 0.3) is 0 Å². The van der Waals surface area contributed by atoms with Crippen molar-refractivity contribution >= 4 is 33.7 Å². The Morgan fingerprint density at radius 1 is 1.23 bits per heavy atom. The molecule has 0 N–H and O–H groups in total. The first-order valence-corrected chi connectivity index (χ1v) is 8.17. The lowest BCUT2D eigenvalue weighted by Crippen LogP contribution is -2.08. The van der Waals surface area contributed by atoms with E-state index in [1.54, 1.807) is 30.3 Å². The van der Waals surface area contributed by atoms with Crippen LogP contribution in [0.2, 0.25) is 0 Å². The summed E-state index contributed by atoms with van der Waals surface area (Å²) in [4.78, 5) is 12.6. The molecular formula is C16H14BrFO3S. The van der Waals surface area contributed by atoms with E-state index >= 15 is 0 Å². The Balaban J connectivity index is 2.34. The van der Waals surface area contributed by atoms with Gasteiger partial charge in [-0.05, 0) is 39.7 Å². The van der Waals surface area contributed by atoms with Crippen molar-refractivity contribution in [1.82, 2.24) is 0 Å². The second-order valence-electron chi connectivity index (χ2n) is 4.33. The van der Waals surface area contributed by atoms with Gasteiger partial charge in [-0.1, -0.05) is 18.2 Å². The standard InChI is InChI=1S/C16H14BrFO3S/c1-20-15-11(17)8-7-10(14(15)16(19)21-2)9-22-13-6-4-3-5-12(13)18/h3-8H,9H2,1-2H3. The third kappa shape index (κ3) is 3.62. The summed E-state index contributed by atoms with van der Waals surface area (Å²) in [6, 6.07) is 10.1. The smallest absolute Gasteiger partial charge is 0.342 e. The fourth-order valence-electron chi connectivity index (χ4n) is 1.96. The SMILES string of the molecule is COC(=O)c1c(CSc2ccccc2F)ccc(Br)c1OC. The fraction of sp³-hybridized carbons (Fsp3) is 0.188. The van der Waals surface area contributed by atoms with Gasteiger partial charge in [0, 0.05) is 10.6 Å². The predicted molar refractivity (Wildman–Crippen MR) is 88.0 cm³/mol. The molecule has 2 rings (SSSR count). The number of ether oxygens (including phenoxy) is 2. The van der Waals surface area contributed by atoms with Crippen LogP contribution in [0.3, 0.4) is 0 Å². The predicted octanol–water partition coefficient (Wildman–Crippen LogP) is 4.68. The highest BCUT2D eigenvalue weighted by Gasteiger charge is 2.20. The van der Waals surface area contributed by atoms with Crippen LogP contribution in [0.4, 0.5) is 4.39 Å². The van der Waals surface area contributed by atoms with E-state index in [1.807, 2.05) is 0 Å². The van der Waals surface area contributed by atoms with Gasteiger partial charge in [-0.2, -0.15) is 0 Å². The molecule has 0 atom stereocenters. The van der Waals surface area contributed by atoms with Gasteiger partial charge in [0.1, 0.15) is 17.1 Å². The first-order valence-electron chi connectivity index (χ1n) is 6.39. The highest BCUT2D eigenvalue weighted by Crippen LogP contribution is 2.35. The van der Waals surface area contributed by atoms with Crippen molar-refractivity contribution in [3.8, 4) is 5.75 Å². The Bertz CT molecular complexity index is 691. The molecule has 0 aliphatic heterocycles. The number of carbonyl (C=O) groups is 1. The molecule has 2 aromatic rings. The van der Waals surface area contributed by atoms with Crippen LogP contribution in [-0.2, 0) is 10.5 Å². The Morgan fingerprint density at radius 3 is 2.59 bits per heavy atom. The van der Waals surface area contributed by atoms with E-state index in [4.69, 9.17) is 9.47 Å². The maximum absolute atomic E-state index is 13.7. The minimum absolute atomic E-state index is 0.281. The van der Waals surface area contributed by atoms with Gasteiger partial charge < -0.3 is 9.47 Å². The van der Waals surface area contributed by atoms with Gasteiger partial charge >= 0.3 is 5.97 Å². The van der Waals surface area contributed by atoms with Crippen molar-refractivity contribution in [2.75, 3.05) is 14.2 Å². The van der Waals surface area contributed by atoms with Gasteiger partial charge in [0.25, 0.3) is 0 Å². The topological polar surface area (TPSA) is 35.5 Å². The molecule has 0 saturated heterocycles. The van der Waals surface area contributed by atoms with E-state index < -0.39 is 5.97 Å². The van der Waals surface area contributed by atoms with Crippen LogP contribution in [-0.4, -0.2) is 20.2 Å². The molecule has 3 nitrogen and oxygen atoms in total. The number of thioether (sulfide) groups is 1. The van der Waals surface area contributed by atoms with E-state index in [1.165, 1.54) is 32.0 Å². The average molecular weight is 385 g/mol. The molecule has 0 amide bonds.